The Labute approximate surface area is 417 Å². The summed E-state index contributed by atoms with van der Waals surface area (Å²) in [5.41, 5.74) is 24.1. The average molecular weight is 982 g/mol. The number of terminal acetylenes is 2. The molecule has 0 aliphatic carbocycles. The third-order valence-corrected chi connectivity index (χ3v) is 10.9. The molecule has 380 valence electrons. The Morgan fingerprint density at radius 1 is 0.929 bits per heavy atom. The van der Waals surface area contributed by atoms with Crippen molar-refractivity contribution in [2.45, 2.75) is 98.5 Å². The maximum atomic E-state index is 14.4. The summed E-state index contributed by atoms with van der Waals surface area (Å²) < 4.78 is 33.0. The predicted molar refractivity (Wildman–Crippen MR) is 286 cm³/mol. The molecule has 0 bridgehead atoms. The van der Waals surface area contributed by atoms with E-state index in [1.165, 1.54) is 6.21 Å². The van der Waals surface area contributed by atoms with Crippen LogP contribution in [-0.4, -0.2) is 72.4 Å². The molecule has 0 saturated heterocycles. The van der Waals surface area contributed by atoms with Gasteiger partial charge in [-0.1, -0.05) is 81.5 Å². The molecule has 0 radical (unpaired) electrons. The number of ether oxygens (including phenoxy) is 3. The number of benzene rings is 4. The number of rotatable bonds is 19. The first-order chi connectivity index (χ1) is 33.6. The van der Waals surface area contributed by atoms with E-state index in [-0.39, 0.29) is 37.5 Å². The number of nitrogens with zero attached hydrogens (tertiary/aromatic N) is 2. The number of carbonyl (C=O) groups is 2. The number of nitrogen functional groups attached to an aromatic ring is 1. The molecule has 4 atom stereocenters. The molecule has 0 fully saturated rings. The Balaban J connectivity index is 0.00000202. The number of methoxy groups -OCH3 is 1. The summed E-state index contributed by atoms with van der Waals surface area (Å²) in [6, 6.07) is 26.6. The molecule has 8 N–H and O–H groups in total. The fourth-order valence-electron chi connectivity index (χ4n) is 6.32. The highest BCUT2D eigenvalue weighted by atomic mass is 31.2. The van der Waals surface area contributed by atoms with Crippen LogP contribution in [0.1, 0.15) is 94.7 Å². The number of nitrogens with two attached hydrogens (primary N) is 2. The van der Waals surface area contributed by atoms with Crippen molar-refractivity contribution in [1.82, 2.24) is 15.2 Å². The van der Waals surface area contributed by atoms with E-state index in [1.807, 2.05) is 62.4 Å². The number of fused-ring (bicyclic) bond motifs is 1. The number of hydrogen-bond acceptors (Lipinski definition) is 12. The number of urea groups is 1. The largest absolute Gasteiger partial charge is 0.505 e. The number of aliphatic hydroxyl groups is 1. The number of esters is 1. The van der Waals surface area contributed by atoms with Gasteiger partial charge in [-0.3, -0.25) is 9.36 Å². The van der Waals surface area contributed by atoms with Crippen LogP contribution in [0.5, 0.6) is 11.5 Å². The quantitative estimate of drug-likeness (QED) is 0.00985. The van der Waals surface area contributed by atoms with Gasteiger partial charge in [0.05, 0.1) is 43.9 Å². The van der Waals surface area contributed by atoms with Gasteiger partial charge in [-0.25, -0.2) is 15.7 Å². The normalized spacial score (nSPS) is 13.3. The number of hydrazine groups is 1. The first-order valence-electron chi connectivity index (χ1n) is 22.7. The number of anilines is 2. The number of amides is 2. The molecule has 1 heterocycles. The lowest BCUT2D eigenvalue weighted by molar-refractivity contribution is -0.142. The Morgan fingerprint density at radius 3 is 2.04 bits per heavy atom. The number of hydrogen-bond donors (Lipinski definition) is 6. The van der Waals surface area contributed by atoms with E-state index in [0.717, 1.165) is 34.4 Å². The van der Waals surface area contributed by atoms with Crippen molar-refractivity contribution in [2.75, 3.05) is 38.3 Å². The zero-order valence-electron chi connectivity index (χ0n) is 42.2. The van der Waals surface area contributed by atoms with Crippen LogP contribution in [-0.2, 0) is 38.3 Å². The van der Waals surface area contributed by atoms with Crippen molar-refractivity contribution in [2.24, 2.45) is 5.50 Å². The Hall–Kier alpha value is -7.00. The van der Waals surface area contributed by atoms with E-state index in [9.17, 15) is 19.3 Å². The minimum absolute atomic E-state index is 0.0983. The summed E-state index contributed by atoms with van der Waals surface area (Å²) in [6.07, 6.45) is 23.8. The minimum atomic E-state index is -3.57. The standard InChI is InChI=1S/C37H46N7O5P.C5H10O2.C4H8O.C4H8.2C2H2/c1-4-36(45)35(20-26-10-14-30(15-11-26)48-24-50(40,47)49-31-8-6-5-7-9-31)44(23-28-13-17-34-32(19-28)25(2)41-42-34)37(46)43(3)22-27-12-16-33(39)29(18-27)21-38;1-3-5(6)7-4-2;1-3-4-5-2;1-3-4-2;2*1-2/h5-19,21,25,35-36,38,41-42,45H,4,20,22-24,39H2,1-3H3,(H2,40,47);3-4H2,1-2H3;3-4H,1-2H3;3H,1,4H2,2H3;2*1-2H/b;;4-3+;;;. The molecule has 0 spiro atoms. The average Bonchev–Trinajstić information content (AvgIpc) is 3.75. The smallest absolute Gasteiger partial charge is 0.350 e. The maximum absolute atomic E-state index is 14.4. The molecular formula is C54H76N7O8P. The molecule has 4 unspecified atom stereocenters. The number of nitrogens with one attached hydrogen (secondary N) is 3. The molecule has 4 aromatic rings. The van der Waals surface area contributed by atoms with Crippen LogP contribution in [0, 0.1) is 31.1 Å². The van der Waals surface area contributed by atoms with Crippen molar-refractivity contribution < 1.29 is 38.0 Å². The van der Waals surface area contributed by atoms with Gasteiger partial charge in [0.2, 0.25) is 0 Å². The van der Waals surface area contributed by atoms with Crippen molar-refractivity contribution in [3.8, 4) is 37.2 Å². The van der Waals surface area contributed by atoms with E-state index in [0.29, 0.717) is 48.6 Å². The Bertz CT molecular complexity index is 2250. The number of carbonyl (C=O) groups excluding carboxylic acids is 2. The molecule has 1 aliphatic heterocycles. The fraction of sp³-hybridized carbons (Fsp3) is 0.352. The van der Waals surface area contributed by atoms with Crippen LogP contribution < -0.4 is 31.4 Å². The van der Waals surface area contributed by atoms with E-state index < -0.39 is 19.7 Å². The van der Waals surface area contributed by atoms with E-state index in [4.69, 9.17) is 25.9 Å². The molecule has 5 rings (SSSR count). The molecule has 2 amide bonds. The van der Waals surface area contributed by atoms with Gasteiger partial charge in [0.1, 0.15) is 11.5 Å². The van der Waals surface area contributed by atoms with Crippen LogP contribution in [0.15, 0.2) is 116 Å². The third kappa shape index (κ3) is 23.3. The monoisotopic (exact) mass is 982 g/mol. The van der Waals surface area contributed by atoms with Gasteiger partial charge in [0, 0.05) is 44.0 Å². The van der Waals surface area contributed by atoms with E-state index >= 15 is 0 Å². The van der Waals surface area contributed by atoms with Crippen molar-refractivity contribution in [3.63, 3.8) is 0 Å². The first-order valence-corrected chi connectivity index (χ1v) is 24.6. The zero-order chi connectivity index (χ0) is 53.1. The molecule has 70 heavy (non-hydrogen) atoms. The fourth-order valence-corrected chi connectivity index (χ4v) is 7.18. The maximum Gasteiger partial charge on any atom is 0.350 e. The third-order valence-electron chi connectivity index (χ3n) is 9.86. The van der Waals surface area contributed by atoms with Gasteiger partial charge in [-0.2, -0.15) is 0 Å². The Morgan fingerprint density at radius 2 is 1.53 bits per heavy atom. The SMILES string of the molecule is C#C.C#C.C/C=C/OC.C=CCC.CCC(O)C(Cc1ccc(OCP(N)(=O)Oc2ccccc2)cc1)N(Cc1ccc2c(c1)C(C)NN2)C(=O)N(C)Cc1ccc(N)c(C=N)c1.CCOC(=O)CC. The number of aliphatic hydroxyl groups excluding tert-OH is 1. The molecule has 16 heteroatoms. The molecule has 0 saturated carbocycles. The molecule has 15 nitrogen and oxygen atoms in total. The Kier molecular flexibility index (Phi) is 32.4. The van der Waals surface area contributed by atoms with Gasteiger partial charge >= 0.3 is 19.5 Å². The summed E-state index contributed by atoms with van der Waals surface area (Å²) in [5, 5.41) is 19.1. The lowest BCUT2D eigenvalue weighted by Crippen LogP contribution is -2.51. The highest BCUT2D eigenvalue weighted by Crippen LogP contribution is 2.39. The van der Waals surface area contributed by atoms with Gasteiger partial charge in [0.15, 0.2) is 6.35 Å². The van der Waals surface area contributed by atoms with Crippen molar-refractivity contribution >= 4 is 37.1 Å². The lowest BCUT2D eigenvalue weighted by atomic mass is 9.97. The molecular weight excluding hydrogens is 906 g/mol. The summed E-state index contributed by atoms with van der Waals surface area (Å²) in [4.78, 5) is 27.9. The second kappa shape index (κ2) is 36.0. The predicted octanol–water partition coefficient (Wildman–Crippen LogP) is 10.5. The molecule has 4 aromatic carbocycles. The molecule has 1 aliphatic rings. The van der Waals surface area contributed by atoms with Gasteiger partial charge < -0.3 is 50.2 Å². The summed E-state index contributed by atoms with van der Waals surface area (Å²) in [6.45, 7) is 16.0. The summed E-state index contributed by atoms with van der Waals surface area (Å²) >= 11 is 0. The first kappa shape index (κ1) is 63.0. The van der Waals surface area contributed by atoms with Crippen molar-refractivity contribution in [1.29, 1.82) is 5.41 Å². The van der Waals surface area contributed by atoms with Crippen molar-refractivity contribution in [3.05, 3.63) is 144 Å². The van der Waals surface area contributed by atoms with Crippen LogP contribution in [0.4, 0.5) is 16.2 Å². The number of para-hydroxylation sites is 1. The zero-order valence-corrected chi connectivity index (χ0v) is 43.1. The van der Waals surface area contributed by atoms with Crippen LogP contribution in [0.25, 0.3) is 0 Å². The number of allylic oxidation sites excluding steroid dienone is 2. The van der Waals surface area contributed by atoms with Gasteiger partial charge in [0.25, 0.3) is 0 Å². The van der Waals surface area contributed by atoms with Crippen LogP contribution in [0.3, 0.4) is 0 Å². The second-order valence-corrected chi connectivity index (χ2v) is 17.0. The summed E-state index contributed by atoms with van der Waals surface area (Å²) in [5.74, 6) is 0.732. The van der Waals surface area contributed by atoms with Crippen LogP contribution >= 0.6 is 7.52 Å². The highest BCUT2D eigenvalue weighted by molar-refractivity contribution is 7.56. The van der Waals surface area contributed by atoms with E-state index in [2.05, 4.69) is 72.5 Å². The lowest BCUT2D eigenvalue weighted by Gasteiger charge is -2.37. The minimum Gasteiger partial charge on any atom is -0.505 e. The van der Waals surface area contributed by atoms with Crippen LogP contribution in [0.2, 0.25) is 0 Å². The highest BCUT2D eigenvalue weighted by Gasteiger charge is 2.32. The molecule has 0 aromatic heterocycles. The summed E-state index contributed by atoms with van der Waals surface area (Å²) in [7, 11) is -0.215. The van der Waals surface area contributed by atoms with E-state index in [1.54, 1.807) is 92.6 Å². The second-order valence-electron chi connectivity index (χ2n) is 15.1. The van der Waals surface area contributed by atoms with Gasteiger partial charge in [-0.05, 0) is 105 Å². The topological polar surface area (TPSA) is 215 Å². The van der Waals surface area contributed by atoms with Gasteiger partial charge in [-0.15, -0.1) is 32.3 Å².